The summed E-state index contributed by atoms with van der Waals surface area (Å²) in [6.45, 7) is 0. The third kappa shape index (κ3) is 2.49. The fourth-order valence-corrected chi connectivity index (χ4v) is 4.62. The highest BCUT2D eigenvalue weighted by molar-refractivity contribution is 6.30. The van der Waals surface area contributed by atoms with Crippen molar-refractivity contribution >= 4 is 39.0 Å². The molecule has 0 saturated heterocycles. The maximum atomic E-state index is 13.2. The van der Waals surface area contributed by atoms with Gasteiger partial charge in [0.2, 0.25) is 0 Å². The summed E-state index contributed by atoms with van der Waals surface area (Å²) >= 11 is 6.11. The van der Waals surface area contributed by atoms with Crippen LogP contribution in [0.4, 0.5) is 5.69 Å². The van der Waals surface area contributed by atoms with Crippen LogP contribution in [-0.4, -0.2) is 0 Å². The van der Waals surface area contributed by atoms with Crippen LogP contribution < -0.4 is 10.9 Å². The Morgan fingerprint density at radius 1 is 0.767 bits per heavy atom. The van der Waals surface area contributed by atoms with Gasteiger partial charge in [-0.3, -0.25) is 0 Å². The minimum atomic E-state index is -0.327. The molecule has 1 aromatic heterocycles. The lowest BCUT2D eigenvalue weighted by Gasteiger charge is -2.30. The number of fused-ring (bicyclic) bond motifs is 7. The van der Waals surface area contributed by atoms with Crippen molar-refractivity contribution in [2.24, 2.45) is 0 Å². The standard InChI is InChI=1S/C26H16ClNO2/c27-17-12-9-16(10-13-17)25-24-23(19-7-3-4-8-21(19)30-26(24)29)22-18-6-2-1-5-15(18)11-14-20(22)28-25/h1-14,25,28H. The molecular weight excluding hydrogens is 394 g/mol. The van der Waals surface area contributed by atoms with Crippen molar-refractivity contribution in [1.82, 2.24) is 0 Å². The fourth-order valence-electron chi connectivity index (χ4n) is 4.49. The van der Waals surface area contributed by atoms with Crippen molar-refractivity contribution in [3.63, 3.8) is 0 Å². The molecule has 3 nitrogen and oxygen atoms in total. The largest absolute Gasteiger partial charge is 0.422 e. The molecule has 0 saturated carbocycles. The van der Waals surface area contributed by atoms with E-state index >= 15 is 0 Å². The molecule has 4 heteroatoms. The predicted molar refractivity (Wildman–Crippen MR) is 122 cm³/mol. The molecule has 0 bridgehead atoms. The van der Waals surface area contributed by atoms with Gasteiger partial charge in [-0.1, -0.05) is 72.3 Å². The molecular formula is C26H16ClNO2. The number of nitrogens with one attached hydrogen (secondary N) is 1. The molecule has 30 heavy (non-hydrogen) atoms. The van der Waals surface area contributed by atoms with E-state index in [9.17, 15) is 4.79 Å². The van der Waals surface area contributed by atoms with Crippen molar-refractivity contribution < 1.29 is 4.42 Å². The van der Waals surface area contributed by atoms with Crippen molar-refractivity contribution in [2.75, 3.05) is 5.32 Å². The average Bonchev–Trinajstić information content (AvgIpc) is 2.78. The predicted octanol–water partition coefficient (Wildman–Crippen LogP) is 6.78. The third-order valence-electron chi connectivity index (χ3n) is 5.82. The molecule has 5 aromatic rings. The summed E-state index contributed by atoms with van der Waals surface area (Å²) in [6, 6.07) is 27.4. The van der Waals surface area contributed by atoms with Gasteiger partial charge in [-0.05, 0) is 40.6 Å². The minimum Gasteiger partial charge on any atom is -0.422 e. The highest BCUT2D eigenvalue weighted by Gasteiger charge is 2.32. The Morgan fingerprint density at radius 3 is 2.33 bits per heavy atom. The highest BCUT2D eigenvalue weighted by Crippen LogP contribution is 2.47. The molecule has 144 valence electrons. The van der Waals surface area contributed by atoms with Gasteiger partial charge in [0.05, 0.1) is 11.6 Å². The zero-order valence-electron chi connectivity index (χ0n) is 15.9. The molecule has 0 amide bonds. The summed E-state index contributed by atoms with van der Waals surface area (Å²) in [5, 5.41) is 7.41. The lowest BCUT2D eigenvalue weighted by Crippen LogP contribution is -2.25. The number of para-hydroxylation sites is 1. The minimum absolute atomic E-state index is 0.324. The molecule has 1 atom stereocenters. The summed E-state index contributed by atoms with van der Waals surface area (Å²) in [5.74, 6) is 0. The summed E-state index contributed by atoms with van der Waals surface area (Å²) < 4.78 is 5.74. The van der Waals surface area contributed by atoms with Crippen LogP contribution >= 0.6 is 11.6 Å². The highest BCUT2D eigenvalue weighted by atomic mass is 35.5. The maximum Gasteiger partial charge on any atom is 0.342 e. The normalized spacial score (nSPS) is 14.9. The summed E-state index contributed by atoms with van der Waals surface area (Å²) in [6.07, 6.45) is 0. The summed E-state index contributed by atoms with van der Waals surface area (Å²) in [7, 11) is 0. The molecule has 1 aliphatic heterocycles. The Morgan fingerprint density at radius 2 is 1.50 bits per heavy atom. The van der Waals surface area contributed by atoms with Crippen LogP contribution in [0.3, 0.4) is 0 Å². The second-order valence-corrected chi connectivity index (χ2v) is 7.95. The molecule has 0 spiro atoms. The second kappa shape index (κ2) is 6.48. The Hall–Kier alpha value is -3.56. The van der Waals surface area contributed by atoms with Gasteiger partial charge in [0.15, 0.2) is 0 Å². The molecule has 0 radical (unpaired) electrons. The van der Waals surface area contributed by atoms with Crippen molar-refractivity contribution in [2.45, 2.75) is 6.04 Å². The van der Waals surface area contributed by atoms with E-state index in [-0.39, 0.29) is 11.7 Å². The van der Waals surface area contributed by atoms with Gasteiger partial charge >= 0.3 is 5.63 Å². The van der Waals surface area contributed by atoms with Gasteiger partial charge in [0.25, 0.3) is 0 Å². The van der Waals surface area contributed by atoms with Crippen LogP contribution in [0, 0.1) is 0 Å². The molecule has 6 rings (SSSR count). The fraction of sp³-hybridized carbons (Fsp3) is 0.0385. The summed E-state index contributed by atoms with van der Waals surface area (Å²) in [4.78, 5) is 13.2. The zero-order valence-corrected chi connectivity index (χ0v) is 16.6. The molecule has 1 aliphatic rings. The Kier molecular flexibility index (Phi) is 3.74. The van der Waals surface area contributed by atoms with E-state index in [0.29, 0.717) is 16.2 Å². The van der Waals surface area contributed by atoms with Gasteiger partial charge in [-0.25, -0.2) is 4.79 Å². The van der Waals surface area contributed by atoms with Crippen LogP contribution in [0.5, 0.6) is 0 Å². The van der Waals surface area contributed by atoms with Gasteiger partial charge in [-0.2, -0.15) is 0 Å². The topological polar surface area (TPSA) is 42.2 Å². The van der Waals surface area contributed by atoms with E-state index in [1.165, 1.54) is 0 Å². The van der Waals surface area contributed by atoms with Crippen molar-refractivity contribution in [3.05, 3.63) is 111 Å². The zero-order chi connectivity index (χ0) is 20.2. The van der Waals surface area contributed by atoms with E-state index in [2.05, 4.69) is 29.6 Å². The first-order valence-corrected chi connectivity index (χ1v) is 10.2. The quantitative estimate of drug-likeness (QED) is 0.310. The van der Waals surface area contributed by atoms with Gasteiger partial charge in [0, 0.05) is 27.2 Å². The average molecular weight is 410 g/mol. The van der Waals surface area contributed by atoms with E-state index in [1.807, 2.05) is 60.7 Å². The molecule has 0 aliphatic carbocycles. The maximum absolute atomic E-state index is 13.2. The van der Waals surface area contributed by atoms with E-state index in [4.69, 9.17) is 16.0 Å². The van der Waals surface area contributed by atoms with Gasteiger partial charge in [0.1, 0.15) is 5.58 Å². The lowest BCUT2D eigenvalue weighted by atomic mass is 9.83. The monoisotopic (exact) mass is 409 g/mol. The summed E-state index contributed by atoms with van der Waals surface area (Å²) in [5.41, 5.74) is 4.83. The van der Waals surface area contributed by atoms with Gasteiger partial charge < -0.3 is 9.73 Å². The molecule has 1 N–H and O–H groups in total. The van der Waals surface area contributed by atoms with Crippen LogP contribution in [0.15, 0.2) is 94.1 Å². The Balaban J connectivity index is 1.77. The number of rotatable bonds is 1. The first-order chi connectivity index (χ1) is 14.7. The lowest BCUT2D eigenvalue weighted by molar-refractivity contribution is 0.547. The second-order valence-electron chi connectivity index (χ2n) is 7.51. The van der Waals surface area contributed by atoms with Crippen LogP contribution in [0.1, 0.15) is 17.2 Å². The van der Waals surface area contributed by atoms with Crippen LogP contribution in [0.25, 0.3) is 32.9 Å². The van der Waals surface area contributed by atoms with E-state index in [1.54, 1.807) is 0 Å². The SMILES string of the molecule is O=c1oc2ccccc2c2c1C(c1ccc(Cl)cc1)Nc1ccc3ccccc3c1-2. The third-order valence-corrected chi connectivity index (χ3v) is 6.07. The first kappa shape index (κ1) is 17.3. The van der Waals surface area contributed by atoms with Crippen molar-refractivity contribution in [1.29, 1.82) is 0 Å². The first-order valence-electron chi connectivity index (χ1n) is 9.80. The number of benzene rings is 4. The number of anilines is 1. The van der Waals surface area contributed by atoms with E-state index in [0.717, 1.165) is 38.5 Å². The molecule has 2 heterocycles. The van der Waals surface area contributed by atoms with Crippen molar-refractivity contribution in [3.8, 4) is 11.1 Å². The number of hydrogen-bond acceptors (Lipinski definition) is 3. The number of halogens is 1. The van der Waals surface area contributed by atoms with E-state index < -0.39 is 0 Å². The molecule has 0 fully saturated rings. The Labute approximate surface area is 177 Å². The smallest absolute Gasteiger partial charge is 0.342 e. The van der Waals surface area contributed by atoms with Crippen LogP contribution in [-0.2, 0) is 0 Å². The number of hydrogen-bond donors (Lipinski definition) is 1. The van der Waals surface area contributed by atoms with Gasteiger partial charge in [-0.15, -0.1) is 0 Å². The molecule has 4 aromatic carbocycles. The van der Waals surface area contributed by atoms with Crippen LogP contribution in [0.2, 0.25) is 5.02 Å². The molecule has 1 unspecified atom stereocenters. The Bertz CT molecular complexity index is 1500.